The maximum absolute atomic E-state index is 12.5. The summed E-state index contributed by atoms with van der Waals surface area (Å²) in [5.74, 6) is -0.295. The van der Waals surface area contributed by atoms with Crippen LogP contribution in [0.4, 0.5) is 13.2 Å². The molecule has 5 nitrogen and oxygen atoms in total. The van der Waals surface area contributed by atoms with Crippen LogP contribution in [-0.2, 0) is 0 Å². The number of aromatic nitrogens is 1. The van der Waals surface area contributed by atoms with Crippen molar-refractivity contribution in [2.24, 2.45) is 11.7 Å². The van der Waals surface area contributed by atoms with Gasteiger partial charge in [-0.2, -0.15) is 13.2 Å². The lowest BCUT2D eigenvalue weighted by molar-refractivity contribution is -0.154. The molecule has 1 aliphatic rings. The molecule has 10 heteroatoms. The zero-order valence-electron chi connectivity index (χ0n) is 13.7. The van der Waals surface area contributed by atoms with E-state index in [4.69, 9.17) is 5.73 Å². The van der Waals surface area contributed by atoms with Crippen molar-refractivity contribution >= 4 is 30.7 Å². The normalized spacial score (nSPS) is 16.4. The predicted molar refractivity (Wildman–Crippen MR) is 92.6 cm³/mol. The molecular weight excluding hydrogens is 382 g/mol. The summed E-state index contributed by atoms with van der Waals surface area (Å²) in [6.07, 6.45) is -1.62. The highest BCUT2D eigenvalue weighted by Gasteiger charge is 2.31. The molecule has 1 aromatic heterocycles. The number of rotatable bonds is 4. The Labute approximate surface area is 156 Å². The van der Waals surface area contributed by atoms with Crippen molar-refractivity contribution < 1.29 is 22.7 Å². The number of carbonyl (C=O) groups is 1. The Morgan fingerprint density at radius 3 is 2.52 bits per heavy atom. The fraction of sp³-hybridized carbons (Fsp3) is 0.600. The van der Waals surface area contributed by atoms with Gasteiger partial charge in [0, 0.05) is 25.3 Å². The number of piperidine rings is 1. The summed E-state index contributed by atoms with van der Waals surface area (Å²) in [6, 6.07) is 3.00. The van der Waals surface area contributed by atoms with Crippen LogP contribution < -0.4 is 10.5 Å². The van der Waals surface area contributed by atoms with Crippen LogP contribution in [0.2, 0.25) is 0 Å². The number of halogens is 5. The number of hydrogen-bond donors (Lipinski definition) is 1. The minimum atomic E-state index is -4.48. The summed E-state index contributed by atoms with van der Waals surface area (Å²) in [4.78, 5) is 17.9. The molecule has 1 aromatic rings. The second-order valence-electron chi connectivity index (χ2n) is 5.75. The average Bonchev–Trinajstić information content (AvgIpc) is 2.52. The van der Waals surface area contributed by atoms with Crippen LogP contribution in [0, 0.1) is 5.92 Å². The van der Waals surface area contributed by atoms with E-state index in [1.54, 1.807) is 4.90 Å². The van der Waals surface area contributed by atoms with Crippen molar-refractivity contribution in [2.75, 3.05) is 19.7 Å². The van der Waals surface area contributed by atoms with Crippen molar-refractivity contribution in [2.45, 2.75) is 32.0 Å². The number of amides is 1. The maximum Gasteiger partial charge on any atom is 0.422 e. The van der Waals surface area contributed by atoms with Gasteiger partial charge in [0.05, 0.1) is 0 Å². The molecule has 1 saturated heterocycles. The number of hydrogen-bond acceptors (Lipinski definition) is 4. The van der Waals surface area contributed by atoms with Gasteiger partial charge in [-0.15, -0.1) is 24.8 Å². The van der Waals surface area contributed by atoms with Crippen molar-refractivity contribution in [3.05, 3.63) is 23.9 Å². The lowest BCUT2D eigenvalue weighted by Gasteiger charge is -2.33. The summed E-state index contributed by atoms with van der Waals surface area (Å²) in [5, 5.41) is 0. The van der Waals surface area contributed by atoms with Crippen molar-refractivity contribution in [3.63, 3.8) is 0 Å². The van der Waals surface area contributed by atoms with Gasteiger partial charge in [-0.3, -0.25) is 4.79 Å². The molecule has 0 bridgehead atoms. The molecule has 2 N–H and O–H groups in total. The first kappa shape index (κ1) is 23.8. The third kappa shape index (κ3) is 6.87. The first-order valence-electron chi connectivity index (χ1n) is 7.47. The first-order valence-corrected chi connectivity index (χ1v) is 7.47. The summed E-state index contributed by atoms with van der Waals surface area (Å²) >= 11 is 0. The third-order valence-corrected chi connectivity index (χ3v) is 3.94. The molecule has 0 aliphatic carbocycles. The van der Waals surface area contributed by atoms with Crippen LogP contribution >= 0.6 is 24.8 Å². The van der Waals surface area contributed by atoms with E-state index in [-0.39, 0.29) is 48.2 Å². The van der Waals surface area contributed by atoms with Crippen LogP contribution in [-0.4, -0.2) is 47.7 Å². The number of nitrogens with zero attached hydrogens (tertiary/aromatic N) is 2. The molecule has 1 unspecified atom stereocenters. The van der Waals surface area contributed by atoms with E-state index in [9.17, 15) is 18.0 Å². The van der Waals surface area contributed by atoms with E-state index >= 15 is 0 Å². The van der Waals surface area contributed by atoms with Crippen LogP contribution in [0.25, 0.3) is 0 Å². The minimum Gasteiger partial charge on any atom is -0.467 e. The SMILES string of the molecule is CC(N)C1CCN(C(=O)c2cccnc2OCC(F)(F)F)CC1.Cl.Cl. The zero-order chi connectivity index (χ0) is 17.0. The molecule has 0 radical (unpaired) electrons. The lowest BCUT2D eigenvalue weighted by atomic mass is 9.91. The van der Waals surface area contributed by atoms with Crippen LogP contribution in [0.15, 0.2) is 18.3 Å². The van der Waals surface area contributed by atoms with Gasteiger partial charge in [-0.1, -0.05) is 0 Å². The molecule has 1 aliphatic heterocycles. The summed E-state index contributed by atoms with van der Waals surface area (Å²) in [7, 11) is 0. The highest BCUT2D eigenvalue weighted by atomic mass is 35.5. The van der Waals surface area contributed by atoms with E-state index in [2.05, 4.69) is 9.72 Å². The van der Waals surface area contributed by atoms with Gasteiger partial charge in [-0.05, 0) is 37.8 Å². The minimum absolute atomic E-state index is 0. The number of pyridine rings is 1. The van der Waals surface area contributed by atoms with Crippen molar-refractivity contribution in [3.8, 4) is 5.88 Å². The number of alkyl halides is 3. The fourth-order valence-electron chi connectivity index (χ4n) is 2.62. The summed E-state index contributed by atoms with van der Waals surface area (Å²) in [6.45, 7) is 1.51. The van der Waals surface area contributed by atoms with Crippen LogP contribution in [0.3, 0.4) is 0 Å². The van der Waals surface area contributed by atoms with Crippen LogP contribution in [0.5, 0.6) is 5.88 Å². The second-order valence-corrected chi connectivity index (χ2v) is 5.75. The largest absolute Gasteiger partial charge is 0.467 e. The topological polar surface area (TPSA) is 68.5 Å². The van der Waals surface area contributed by atoms with Gasteiger partial charge < -0.3 is 15.4 Å². The predicted octanol–water partition coefficient (Wildman–Crippen LogP) is 3.07. The molecule has 2 rings (SSSR count). The highest BCUT2D eigenvalue weighted by molar-refractivity contribution is 5.96. The van der Waals surface area contributed by atoms with Gasteiger partial charge in [0.25, 0.3) is 5.91 Å². The molecule has 0 saturated carbocycles. The average molecular weight is 404 g/mol. The van der Waals surface area contributed by atoms with E-state index in [0.717, 1.165) is 12.8 Å². The summed E-state index contributed by atoms with van der Waals surface area (Å²) in [5.41, 5.74) is 5.92. The molecule has 1 amide bonds. The Kier molecular flexibility index (Phi) is 9.53. The number of nitrogens with two attached hydrogens (primary N) is 1. The molecule has 2 heterocycles. The number of ether oxygens (including phenoxy) is 1. The highest BCUT2D eigenvalue weighted by Crippen LogP contribution is 2.24. The fourth-order valence-corrected chi connectivity index (χ4v) is 2.62. The molecule has 1 atom stereocenters. The Hall–Kier alpha value is -1.25. The Bertz CT molecular complexity index is 551. The van der Waals surface area contributed by atoms with Crippen molar-refractivity contribution in [1.29, 1.82) is 0 Å². The first-order chi connectivity index (χ1) is 10.8. The number of carbonyl (C=O) groups excluding carboxylic acids is 1. The molecule has 0 spiro atoms. The van der Waals surface area contributed by atoms with E-state index in [0.29, 0.717) is 19.0 Å². The maximum atomic E-state index is 12.5. The Morgan fingerprint density at radius 1 is 1.40 bits per heavy atom. The van der Waals surface area contributed by atoms with E-state index < -0.39 is 12.8 Å². The van der Waals surface area contributed by atoms with Gasteiger partial charge >= 0.3 is 6.18 Å². The van der Waals surface area contributed by atoms with Gasteiger partial charge in [0.1, 0.15) is 5.56 Å². The van der Waals surface area contributed by atoms with Gasteiger partial charge in [0.15, 0.2) is 6.61 Å². The zero-order valence-corrected chi connectivity index (χ0v) is 15.3. The molecule has 0 aromatic carbocycles. The lowest BCUT2D eigenvalue weighted by Crippen LogP contribution is -2.42. The Balaban J connectivity index is 0.00000288. The van der Waals surface area contributed by atoms with Gasteiger partial charge in [0.2, 0.25) is 5.88 Å². The Morgan fingerprint density at radius 2 is 2.00 bits per heavy atom. The van der Waals surface area contributed by atoms with Crippen LogP contribution in [0.1, 0.15) is 30.1 Å². The van der Waals surface area contributed by atoms with Crippen molar-refractivity contribution in [1.82, 2.24) is 9.88 Å². The molecule has 144 valence electrons. The van der Waals surface area contributed by atoms with E-state index in [1.807, 2.05) is 6.92 Å². The second kappa shape index (κ2) is 10.0. The summed E-state index contributed by atoms with van der Waals surface area (Å²) < 4.78 is 41.5. The third-order valence-electron chi connectivity index (χ3n) is 3.94. The van der Waals surface area contributed by atoms with Gasteiger partial charge in [-0.25, -0.2) is 4.98 Å². The quantitative estimate of drug-likeness (QED) is 0.838. The molecule has 1 fully saturated rings. The molecule has 25 heavy (non-hydrogen) atoms. The van der Waals surface area contributed by atoms with E-state index in [1.165, 1.54) is 18.3 Å². The monoisotopic (exact) mass is 403 g/mol. The molecular formula is C15H22Cl2F3N3O2. The standard InChI is InChI=1S/C15H20F3N3O2.2ClH/c1-10(19)11-4-7-21(8-5-11)14(22)12-3-2-6-20-13(12)23-9-15(16,17)18;;/h2-3,6,10-11H,4-5,7-9,19H2,1H3;2*1H. The smallest absolute Gasteiger partial charge is 0.422 e. The number of likely N-dealkylation sites (tertiary alicyclic amines) is 1.